The van der Waals surface area contributed by atoms with Crippen LogP contribution in [-0.4, -0.2) is 53.3 Å². The van der Waals surface area contributed by atoms with Gasteiger partial charge in [0.25, 0.3) is 11.8 Å². The van der Waals surface area contributed by atoms with Crippen molar-refractivity contribution < 1.29 is 14.3 Å². The van der Waals surface area contributed by atoms with Gasteiger partial charge in [-0.05, 0) is 89.6 Å². The molecule has 2 aromatic heterocycles. The maximum absolute atomic E-state index is 13.3. The summed E-state index contributed by atoms with van der Waals surface area (Å²) in [6.07, 6.45) is 6.64. The van der Waals surface area contributed by atoms with Gasteiger partial charge < -0.3 is 20.3 Å². The lowest BCUT2D eigenvalue weighted by Crippen LogP contribution is -2.35. The van der Waals surface area contributed by atoms with Crippen LogP contribution in [0.3, 0.4) is 0 Å². The molecule has 1 saturated heterocycles. The Hall–Kier alpha value is -3.89. The number of carbonyl (C=O) groups excluding carboxylic acids is 2. The molecule has 4 aromatic rings. The summed E-state index contributed by atoms with van der Waals surface area (Å²) in [5.74, 6) is 0.765. The summed E-state index contributed by atoms with van der Waals surface area (Å²) in [5, 5.41) is 10.8. The van der Waals surface area contributed by atoms with Crippen molar-refractivity contribution in [3.8, 4) is 11.4 Å². The summed E-state index contributed by atoms with van der Waals surface area (Å²) >= 11 is 9.77. The number of nitrogens with one attached hydrogen (secondary N) is 2. The SMILES string of the molecule is COc1ccc(-n2nc(C(=O)NCCC3CCN(c4ccncc4)CC3)c(Br)c2NC(=O)c2ccccc2Cl)cc1. The second kappa shape index (κ2) is 13.2. The highest BCUT2D eigenvalue weighted by Crippen LogP contribution is 2.31. The highest BCUT2D eigenvalue weighted by atomic mass is 79.9. The van der Waals surface area contributed by atoms with Crippen LogP contribution in [0.4, 0.5) is 11.5 Å². The van der Waals surface area contributed by atoms with Gasteiger partial charge in [-0.25, -0.2) is 4.68 Å². The van der Waals surface area contributed by atoms with Crippen molar-refractivity contribution in [2.45, 2.75) is 19.3 Å². The third kappa shape index (κ3) is 6.71. The molecule has 1 aliphatic heterocycles. The lowest BCUT2D eigenvalue weighted by atomic mass is 9.93. The molecule has 2 aromatic carbocycles. The first-order chi connectivity index (χ1) is 19.9. The van der Waals surface area contributed by atoms with E-state index in [2.05, 4.69) is 41.5 Å². The first-order valence-electron chi connectivity index (χ1n) is 13.4. The van der Waals surface area contributed by atoms with Crippen molar-refractivity contribution in [2.24, 2.45) is 5.92 Å². The zero-order valence-corrected chi connectivity index (χ0v) is 24.9. The third-order valence-corrected chi connectivity index (χ3v) is 8.27. The van der Waals surface area contributed by atoms with E-state index in [-0.39, 0.29) is 11.6 Å². The third-order valence-electron chi connectivity index (χ3n) is 7.19. The maximum atomic E-state index is 13.3. The van der Waals surface area contributed by atoms with Gasteiger partial charge in [0, 0.05) is 37.7 Å². The fraction of sp³-hybridized carbons (Fsp3) is 0.267. The molecule has 1 aliphatic rings. The number of rotatable bonds is 9. The van der Waals surface area contributed by atoms with Crippen LogP contribution in [0.25, 0.3) is 5.69 Å². The van der Waals surface area contributed by atoms with Crippen molar-refractivity contribution in [3.63, 3.8) is 0 Å². The van der Waals surface area contributed by atoms with E-state index >= 15 is 0 Å². The highest BCUT2D eigenvalue weighted by molar-refractivity contribution is 9.10. The Morgan fingerprint density at radius 3 is 2.39 bits per heavy atom. The van der Waals surface area contributed by atoms with Crippen LogP contribution in [0, 0.1) is 5.92 Å². The van der Waals surface area contributed by atoms with E-state index in [4.69, 9.17) is 16.3 Å². The van der Waals surface area contributed by atoms with Crippen LogP contribution in [0.5, 0.6) is 5.75 Å². The molecule has 212 valence electrons. The second-order valence-electron chi connectivity index (χ2n) is 9.74. The minimum Gasteiger partial charge on any atom is -0.497 e. The molecule has 2 N–H and O–H groups in total. The summed E-state index contributed by atoms with van der Waals surface area (Å²) in [4.78, 5) is 32.9. The fourth-order valence-corrected chi connectivity index (χ4v) is 5.64. The zero-order valence-electron chi connectivity index (χ0n) is 22.5. The van der Waals surface area contributed by atoms with Crippen molar-refractivity contribution >= 4 is 50.9 Å². The summed E-state index contributed by atoms with van der Waals surface area (Å²) in [7, 11) is 1.58. The van der Waals surface area contributed by atoms with Gasteiger partial charge in [-0.1, -0.05) is 23.7 Å². The van der Waals surface area contributed by atoms with Crippen molar-refractivity contribution in [3.05, 3.63) is 93.8 Å². The minimum atomic E-state index is -0.420. The number of hydrogen-bond acceptors (Lipinski definition) is 6. The number of halogens is 2. The smallest absolute Gasteiger partial charge is 0.273 e. The zero-order chi connectivity index (χ0) is 28.8. The summed E-state index contributed by atoms with van der Waals surface area (Å²) in [5.41, 5.74) is 2.31. The normalized spacial score (nSPS) is 13.6. The number of anilines is 2. The highest BCUT2D eigenvalue weighted by Gasteiger charge is 2.25. The quantitative estimate of drug-likeness (QED) is 0.234. The summed E-state index contributed by atoms with van der Waals surface area (Å²) in [6.45, 7) is 2.49. The molecule has 41 heavy (non-hydrogen) atoms. The first kappa shape index (κ1) is 28.6. The number of piperidine rings is 1. The molecule has 2 amide bonds. The van der Waals surface area contributed by atoms with E-state index in [1.54, 1.807) is 55.6 Å². The van der Waals surface area contributed by atoms with Gasteiger partial charge in [-0.3, -0.25) is 14.6 Å². The average Bonchev–Trinajstić information content (AvgIpc) is 3.33. The number of ether oxygens (including phenoxy) is 1. The number of aromatic nitrogens is 3. The van der Waals surface area contributed by atoms with Crippen LogP contribution < -0.4 is 20.3 Å². The Morgan fingerprint density at radius 2 is 1.71 bits per heavy atom. The second-order valence-corrected chi connectivity index (χ2v) is 10.9. The number of pyridine rings is 1. The Kier molecular flexibility index (Phi) is 9.21. The minimum absolute atomic E-state index is 0.169. The number of nitrogens with zero attached hydrogens (tertiary/aromatic N) is 4. The topological polar surface area (TPSA) is 101 Å². The fourth-order valence-electron chi connectivity index (χ4n) is 4.89. The molecule has 0 unspecified atom stereocenters. The molecule has 0 spiro atoms. The Morgan fingerprint density at radius 1 is 1.00 bits per heavy atom. The number of hydrogen-bond donors (Lipinski definition) is 2. The van der Waals surface area contributed by atoms with Crippen LogP contribution in [0.15, 0.2) is 77.5 Å². The average molecular weight is 638 g/mol. The monoisotopic (exact) mass is 636 g/mol. The molecule has 0 bridgehead atoms. The van der Waals surface area contributed by atoms with E-state index in [9.17, 15) is 9.59 Å². The van der Waals surface area contributed by atoms with Gasteiger partial charge in [0.1, 0.15) is 5.75 Å². The van der Waals surface area contributed by atoms with Gasteiger partial charge in [-0.2, -0.15) is 5.10 Å². The van der Waals surface area contributed by atoms with E-state index < -0.39 is 5.91 Å². The van der Waals surface area contributed by atoms with Gasteiger partial charge in [0.2, 0.25) is 0 Å². The first-order valence-corrected chi connectivity index (χ1v) is 14.5. The Labute approximate surface area is 252 Å². The molecule has 1 fully saturated rings. The maximum Gasteiger partial charge on any atom is 0.273 e. The molecule has 5 rings (SSSR count). The van der Waals surface area contributed by atoms with Crippen LogP contribution in [0.2, 0.25) is 5.02 Å². The predicted octanol–water partition coefficient (Wildman–Crippen LogP) is 5.98. The molecule has 9 nitrogen and oxygen atoms in total. The number of carbonyl (C=O) groups is 2. The number of amides is 2. The summed E-state index contributed by atoms with van der Waals surface area (Å²) in [6, 6.07) is 18.0. The number of methoxy groups -OCH3 is 1. The van der Waals surface area contributed by atoms with E-state index in [1.807, 2.05) is 24.5 Å². The van der Waals surface area contributed by atoms with Gasteiger partial charge in [0.15, 0.2) is 11.5 Å². The lowest BCUT2D eigenvalue weighted by molar-refractivity contribution is 0.0943. The lowest BCUT2D eigenvalue weighted by Gasteiger charge is -2.33. The molecule has 0 saturated carbocycles. The van der Waals surface area contributed by atoms with Gasteiger partial charge in [-0.15, -0.1) is 0 Å². The Balaban J connectivity index is 1.28. The van der Waals surface area contributed by atoms with Crippen molar-refractivity contribution in [1.82, 2.24) is 20.1 Å². The van der Waals surface area contributed by atoms with Crippen LogP contribution in [0.1, 0.15) is 40.1 Å². The van der Waals surface area contributed by atoms with E-state index in [0.717, 1.165) is 32.4 Å². The van der Waals surface area contributed by atoms with Crippen LogP contribution >= 0.6 is 27.5 Å². The standard InChI is InChI=1S/C30H30BrClN6O3/c1-41-23-8-6-22(7-9-23)38-28(35-29(39)24-4-2-3-5-25(24)32)26(31)27(36-38)30(40)34-17-10-20-13-18-37(19-14-20)21-11-15-33-16-12-21/h2-9,11-12,15-16,20H,10,13-14,17-19H2,1H3,(H,34,40)(H,35,39). The van der Waals surface area contributed by atoms with Gasteiger partial charge >= 0.3 is 0 Å². The van der Waals surface area contributed by atoms with E-state index in [0.29, 0.717) is 44.8 Å². The molecule has 0 atom stereocenters. The summed E-state index contributed by atoms with van der Waals surface area (Å²) < 4.78 is 7.16. The van der Waals surface area contributed by atoms with Crippen molar-refractivity contribution in [2.75, 3.05) is 37.0 Å². The van der Waals surface area contributed by atoms with Crippen molar-refractivity contribution in [1.29, 1.82) is 0 Å². The van der Waals surface area contributed by atoms with E-state index in [1.165, 1.54) is 10.4 Å². The molecular formula is C30H30BrClN6O3. The molecule has 0 aliphatic carbocycles. The largest absolute Gasteiger partial charge is 0.497 e. The molecule has 3 heterocycles. The van der Waals surface area contributed by atoms with Gasteiger partial charge in [0.05, 0.1) is 27.9 Å². The number of benzene rings is 2. The predicted molar refractivity (Wildman–Crippen MR) is 163 cm³/mol. The van der Waals surface area contributed by atoms with Crippen LogP contribution in [-0.2, 0) is 0 Å². The molecule has 0 radical (unpaired) electrons. The molecule has 11 heteroatoms. The molecular weight excluding hydrogens is 608 g/mol. The Bertz CT molecular complexity index is 1500.